The summed E-state index contributed by atoms with van der Waals surface area (Å²) in [6, 6.07) is 11.9. The number of hydrogen-bond acceptors (Lipinski definition) is 4. The number of aliphatic carboxylic acids is 1. The number of anilines is 1. The van der Waals surface area contributed by atoms with E-state index in [1.165, 1.54) is 18.2 Å². The largest absolute Gasteiger partial charge is 0.474 e. The van der Waals surface area contributed by atoms with E-state index < -0.39 is 11.9 Å². The average Bonchev–Trinajstić information content (AvgIpc) is 3.04. The third-order valence-electron chi connectivity index (χ3n) is 4.49. The highest BCUT2D eigenvalue weighted by molar-refractivity contribution is 6.36. The van der Waals surface area contributed by atoms with E-state index >= 15 is 0 Å². The first kappa shape index (κ1) is 17.9. The van der Waals surface area contributed by atoms with Gasteiger partial charge in [0.15, 0.2) is 0 Å². The highest BCUT2D eigenvalue weighted by Crippen LogP contribution is 2.28. The minimum Gasteiger partial charge on any atom is -0.474 e. The summed E-state index contributed by atoms with van der Waals surface area (Å²) in [6.07, 6.45) is 2.60. The van der Waals surface area contributed by atoms with E-state index in [2.05, 4.69) is 10.3 Å². The zero-order valence-corrected chi connectivity index (χ0v) is 15.2. The monoisotopic (exact) mass is 395 g/mol. The molecule has 1 aromatic heterocycles. The molecule has 0 aliphatic carbocycles. The fourth-order valence-electron chi connectivity index (χ4n) is 3.21. The third-order valence-corrected chi connectivity index (χ3v) is 4.72. The number of hydrogen-bond donors (Lipinski definition) is 2. The quantitative estimate of drug-likeness (QED) is 0.649. The molecule has 0 spiro atoms. The van der Waals surface area contributed by atoms with Crippen LogP contribution in [0.2, 0.25) is 5.02 Å². The second-order valence-electron chi connectivity index (χ2n) is 6.36. The topological polar surface area (TPSA) is 101 Å². The molecule has 0 unspecified atom stereocenters. The molecular formula is C20H14ClN3O4. The van der Waals surface area contributed by atoms with Gasteiger partial charge in [0, 0.05) is 17.3 Å². The Bertz CT molecular complexity index is 1230. The summed E-state index contributed by atoms with van der Waals surface area (Å²) in [4.78, 5) is 39.5. The molecular weight excluding hydrogens is 382 g/mol. The van der Waals surface area contributed by atoms with Crippen LogP contribution in [-0.4, -0.2) is 26.5 Å². The molecule has 28 heavy (non-hydrogen) atoms. The highest BCUT2D eigenvalue weighted by Gasteiger charge is 2.21. The number of nitrogens with zero attached hydrogens (tertiary/aromatic N) is 2. The molecule has 0 saturated carbocycles. The minimum absolute atomic E-state index is 0.175. The van der Waals surface area contributed by atoms with Crippen LogP contribution in [0.15, 0.2) is 47.3 Å². The molecule has 2 heterocycles. The molecule has 140 valence electrons. The zero-order chi connectivity index (χ0) is 19.8. The summed E-state index contributed by atoms with van der Waals surface area (Å²) in [5.74, 6) is -2.19. The molecule has 0 fully saturated rings. The van der Waals surface area contributed by atoms with E-state index in [4.69, 9.17) is 16.7 Å². The SMILES string of the molecule is O=C(O)C(=O)Nc1ccc2c(=O)n3c(nc2c1)/C(=C/c1cccc(Cl)c1)CC3. The number of benzene rings is 2. The van der Waals surface area contributed by atoms with Gasteiger partial charge in [-0.05, 0) is 54.0 Å². The fourth-order valence-corrected chi connectivity index (χ4v) is 3.41. The van der Waals surface area contributed by atoms with Crippen molar-refractivity contribution in [1.29, 1.82) is 0 Å². The van der Waals surface area contributed by atoms with Crippen molar-refractivity contribution >= 4 is 51.7 Å². The molecule has 0 saturated heterocycles. The van der Waals surface area contributed by atoms with Crippen molar-refractivity contribution in [2.75, 3.05) is 5.32 Å². The summed E-state index contributed by atoms with van der Waals surface area (Å²) in [7, 11) is 0. The second kappa shape index (κ2) is 6.94. The number of carbonyl (C=O) groups is 2. The standard InChI is InChI=1S/C20H14ClN3O4/c21-13-3-1-2-11(9-13)8-12-6-7-24-17(12)23-16-10-14(22-18(25)20(27)28)4-5-15(16)19(24)26/h1-5,8-10H,6-7H2,(H,22,25)(H,27,28)/b12-8+. The van der Waals surface area contributed by atoms with Gasteiger partial charge in [0.1, 0.15) is 5.82 Å². The Hall–Kier alpha value is -3.45. The van der Waals surface area contributed by atoms with Crippen LogP contribution in [0.3, 0.4) is 0 Å². The highest BCUT2D eigenvalue weighted by atomic mass is 35.5. The Balaban J connectivity index is 1.80. The maximum atomic E-state index is 12.8. The summed E-state index contributed by atoms with van der Waals surface area (Å²) < 4.78 is 1.62. The first-order valence-electron chi connectivity index (χ1n) is 8.48. The van der Waals surface area contributed by atoms with Crippen LogP contribution in [0.5, 0.6) is 0 Å². The Labute approximate surface area is 163 Å². The number of fused-ring (bicyclic) bond motifs is 2. The van der Waals surface area contributed by atoms with Crippen LogP contribution >= 0.6 is 11.6 Å². The number of carboxylic acid groups (broad SMARTS) is 1. The Kier molecular flexibility index (Phi) is 4.44. The van der Waals surface area contributed by atoms with E-state index in [0.717, 1.165) is 11.1 Å². The molecule has 3 aromatic rings. The normalized spacial score (nSPS) is 14.2. The van der Waals surface area contributed by atoms with Gasteiger partial charge in [0.05, 0.1) is 10.9 Å². The third kappa shape index (κ3) is 3.27. The average molecular weight is 396 g/mol. The molecule has 8 heteroatoms. The van der Waals surface area contributed by atoms with Crippen molar-refractivity contribution in [1.82, 2.24) is 9.55 Å². The van der Waals surface area contributed by atoms with Gasteiger partial charge in [-0.3, -0.25) is 14.2 Å². The predicted octanol–water partition coefficient (Wildman–Crippen LogP) is 3.02. The van der Waals surface area contributed by atoms with Gasteiger partial charge in [-0.15, -0.1) is 0 Å². The molecule has 4 rings (SSSR count). The van der Waals surface area contributed by atoms with Gasteiger partial charge in [0.2, 0.25) is 0 Å². The number of allylic oxidation sites excluding steroid dienone is 1. The van der Waals surface area contributed by atoms with Crippen molar-refractivity contribution in [3.63, 3.8) is 0 Å². The maximum Gasteiger partial charge on any atom is 0.394 e. The zero-order valence-electron chi connectivity index (χ0n) is 14.5. The number of carboxylic acids is 1. The number of halogens is 1. The van der Waals surface area contributed by atoms with Crippen LogP contribution in [0.4, 0.5) is 5.69 Å². The molecule has 0 radical (unpaired) electrons. The summed E-state index contributed by atoms with van der Waals surface area (Å²) in [5.41, 5.74) is 2.29. The number of amides is 1. The summed E-state index contributed by atoms with van der Waals surface area (Å²) in [5, 5.41) is 12.0. The molecule has 1 aliphatic heterocycles. The molecule has 1 aliphatic rings. The number of rotatable bonds is 2. The lowest BCUT2D eigenvalue weighted by Gasteiger charge is -2.08. The van der Waals surface area contributed by atoms with Crippen molar-refractivity contribution in [3.05, 3.63) is 69.2 Å². The van der Waals surface area contributed by atoms with Crippen molar-refractivity contribution < 1.29 is 14.7 Å². The summed E-state index contributed by atoms with van der Waals surface area (Å²) in [6.45, 7) is 0.529. The predicted molar refractivity (Wildman–Crippen MR) is 106 cm³/mol. The lowest BCUT2D eigenvalue weighted by molar-refractivity contribution is -0.147. The second-order valence-corrected chi connectivity index (χ2v) is 6.79. The van der Waals surface area contributed by atoms with Crippen LogP contribution in [-0.2, 0) is 16.1 Å². The van der Waals surface area contributed by atoms with E-state index in [-0.39, 0.29) is 11.2 Å². The molecule has 0 bridgehead atoms. The van der Waals surface area contributed by atoms with E-state index in [1.54, 1.807) is 10.6 Å². The fraction of sp³-hybridized carbons (Fsp3) is 0.100. The Morgan fingerprint density at radius 2 is 2.04 bits per heavy atom. The number of nitrogens with one attached hydrogen (secondary N) is 1. The van der Waals surface area contributed by atoms with Crippen molar-refractivity contribution in [2.24, 2.45) is 0 Å². The summed E-state index contributed by atoms with van der Waals surface area (Å²) >= 11 is 6.04. The van der Waals surface area contributed by atoms with Gasteiger partial charge in [-0.2, -0.15) is 0 Å². The van der Waals surface area contributed by atoms with Gasteiger partial charge in [0.25, 0.3) is 5.56 Å². The maximum absolute atomic E-state index is 12.8. The van der Waals surface area contributed by atoms with Crippen LogP contribution in [0.25, 0.3) is 22.6 Å². The number of carbonyl (C=O) groups excluding carboxylic acids is 1. The van der Waals surface area contributed by atoms with Gasteiger partial charge in [-0.25, -0.2) is 9.78 Å². The van der Waals surface area contributed by atoms with Crippen molar-refractivity contribution in [2.45, 2.75) is 13.0 Å². The van der Waals surface area contributed by atoms with Gasteiger partial charge in [-0.1, -0.05) is 23.7 Å². The molecule has 0 atom stereocenters. The molecule has 2 N–H and O–H groups in total. The van der Waals surface area contributed by atoms with E-state index in [0.29, 0.717) is 34.7 Å². The lowest BCUT2D eigenvalue weighted by Crippen LogP contribution is -2.23. The van der Waals surface area contributed by atoms with E-state index in [1.807, 2.05) is 24.3 Å². The van der Waals surface area contributed by atoms with Crippen LogP contribution in [0.1, 0.15) is 17.8 Å². The molecule has 1 amide bonds. The number of aromatic nitrogens is 2. The molecule has 7 nitrogen and oxygen atoms in total. The van der Waals surface area contributed by atoms with Crippen molar-refractivity contribution in [3.8, 4) is 0 Å². The molecule has 2 aromatic carbocycles. The van der Waals surface area contributed by atoms with Crippen LogP contribution in [0, 0.1) is 0 Å². The van der Waals surface area contributed by atoms with Gasteiger partial charge >= 0.3 is 11.9 Å². The minimum atomic E-state index is -1.59. The van der Waals surface area contributed by atoms with Crippen LogP contribution < -0.4 is 10.9 Å². The first-order valence-corrected chi connectivity index (χ1v) is 8.85. The van der Waals surface area contributed by atoms with Gasteiger partial charge < -0.3 is 10.4 Å². The van der Waals surface area contributed by atoms with E-state index in [9.17, 15) is 14.4 Å². The Morgan fingerprint density at radius 1 is 1.21 bits per heavy atom. The smallest absolute Gasteiger partial charge is 0.394 e. The Morgan fingerprint density at radius 3 is 2.79 bits per heavy atom. The first-order chi connectivity index (χ1) is 13.4. The lowest BCUT2D eigenvalue weighted by atomic mass is 10.1.